The Kier molecular flexibility index (Phi) is 3.64. The predicted molar refractivity (Wildman–Crippen MR) is 118 cm³/mol. The number of hydrogen-bond donors (Lipinski definition) is 7. The number of aliphatic hydroxyl groups is 6. The first-order valence-electron chi connectivity index (χ1n) is 12.5. The molecule has 0 aromatic carbocycles. The van der Waals surface area contributed by atoms with Crippen molar-refractivity contribution in [3.8, 4) is 0 Å². The smallest absolute Gasteiger partial charge is 0.355 e. The van der Waals surface area contributed by atoms with Gasteiger partial charge in [0.15, 0.2) is 17.5 Å². The topological polar surface area (TPSA) is 182 Å². The van der Waals surface area contributed by atoms with Gasteiger partial charge in [-0.2, -0.15) is 0 Å². The zero-order valence-corrected chi connectivity index (χ0v) is 20.8. The number of aliphatic hydroxyl groups excluding tert-OH is 2. The van der Waals surface area contributed by atoms with Crippen LogP contribution < -0.4 is 0 Å². The number of aromatic amines is 1. The third-order valence-electron chi connectivity index (χ3n) is 11.8. The third-order valence-corrected chi connectivity index (χ3v) is 11.8. The number of carbonyl (C=O) groups is 1. The Morgan fingerprint density at radius 1 is 1.14 bits per heavy atom. The minimum Gasteiger partial charge on any atom is -0.451 e. The summed E-state index contributed by atoms with van der Waals surface area (Å²) in [5, 5.41) is 73.1. The fraction of sp³-hybridized carbons (Fsp3) is 0.800. The fourth-order valence-electron chi connectivity index (χ4n) is 10.2. The standard InChI is InChI=1S/C25H33NO10/c1-11(2)22(31)16(34-14(28)12-7-6-8-26-12)23(32)17(3)10-21(30)19(22,5)25(23,33)24(36-21)15(29)18(4)13(27)9-20(17,24)35-18/h6-8,11,13,15-16,26-27,29-33H,9-10H2,1-5H3/t13-,15+,16-,17+,18+,19-,20+,21+,22-,23+,24-,25-/m1/s1. The lowest BCUT2D eigenvalue weighted by Crippen LogP contribution is -2.75. The zero-order chi connectivity index (χ0) is 26.3. The van der Waals surface area contributed by atoms with Crippen LogP contribution in [0.5, 0.6) is 0 Å². The van der Waals surface area contributed by atoms with Crippen molar-refractivity contribution >= 4 is 5.97 Å². The van der Waals surface area contributed by atoms with E-state index in [0.29, 0.717) is 0 Å². The molecule has 1 aromatic rings. The van der Waals surface area contributed by atoms with Crippen molar-refractivity contribution in [1.29, 1.82) is 0 Å². The fourth-order valence-corrected chi connectivity index (χ4v) is 10.2. The third kappa shape index (κ3) is 1.54. The molecule has 3 saturated carbocycles. The van der Waals surface area contributed by atoms with Crippen molar-refractivity contribution in [3.05, 3.63) is 24.0 Å². The maximum Gasteiger partial charge on any atom is 0.355 e. The number of carbonyl (C=O) groups excluding carboxylic acids is 1. The predicted octanol–water partition coefficient (Wildman–Crippen LogP) is -1.06. The number of nitrogens with one attached hydrogen (secondary N) is 1. The molecule has 8 rings (SSSR count). The molecule has 7 aliphatic rings. The van der Waals surface area contributed by atoms with Gasteiger partial charge in [-0.1, -0.05) is 20.8 Å². The molecule has 36 heavy (non-hydrogen) atoms. The van der Waals surface area contributed by atoms with Crippen LogP contribution in [-0.2, 0) is 14.2 Å². The zero-order valence-electron chi connectivity index (χ0n) is 20.8. The summed E-state index contributed by atoms with van der Waals surface area (Å²) in [6, 6.07) is 3.06. The number of ether oxygens (including phenoxy) is 3. The molecular formula is C25H33NO10. The van der Waals surface area contributed by atoms with E-state index in [4.69, 9.17) is 14.2 Å². The first kappa shape index (κ1) is 23.5. The molecule has 11 nitrogen and oxygen atoms in total. The summed E-state index contributed by atoms with van der Waals surface area (Å²) in [6.07, 6.45) is -3.49. The lowest BCUT2D eigenvalue weighted by atomic mass is 9.52. The Hall–Kier alpha value is -1.57. The van der Waals surface area contributed by atoms with Gasteiger partial charge in [0.25, 0.3) is 0 Å². The molecule has 5 heterocycles. The van der Waals surface area contributed by atoms with Gasteiger partial charge in [0.2, 0.25) is 0 Å². The van der Waals surface area contributed by atoms with Crippen LogP contribution in [0.25, 0.3) is 0 Å². The van der Waals surface area contributed by atoms with Crippen LogP contribution in [0.15, 0.2) is 18.3 Å². The summed E-state index contributed by atoms with van der Waals surface area (Å²) in [7, 11) is 0. The maximum atomic E-state index is 13.2. The van der Waals surface area contributed by atoms with Crippen molar-refractivity contribution in [2.45, 2.75) is 105 Å². The van der Waals surface area contributed by atoms with Gasteiger partial charge in [0.05, 0.1) is 11.5 Å². The second kappa shape index (κ2) is 5.57. The number of hydrogen-bond acceptors (Lipinski definition) is 10. The first-order valence-corrected chi connectivity index (χ1v) is 12.5. The first-order chi connectivity index (χ1) is 16.5. The molecular weight excluding hydrogens is 474 g/mol. The maximum absolute atomic E-state index is 13.2. The molecule has 7 N–H and O–H groups in total. The van der Waals surface area contributed by atoms with Crippen molar-refractivity contribution in [3.63, 3.8) is 0 Å². The summed E-state index contributed by atoms with van der Waals surface area (Å²) in [5.41, 5.74) is -16.2. The Labute approximate surface area is 207 Å². The van der Waals surface area contributed by atoms with E-state index in [0.717, 1.165) is 0 Å². The SMILES string of the molecule is CC(C)[C@@]1(O)[C@@H](OC(=O)c2ccc[nH]2)[C@]2(O)[C@@]3(C)C[C@]4(O)O[C@@]5([C@@H](O)[C@@]6(C)O[C@@]35C[C@H]6O)[C@@]2(O)[C@@]14C. The number of rotatable bonds is 3. The average Bonchev–Trinajstić information content (AvgIpc) is 3.52. The van der Waals surface area contributed by atoms with Gasteiger partial charge in [-0.15, -0.1) is 0 Å². The molecule has 11 heteroatoms. The quantitative estimate of drug-likeness (QED) is 0.249. The summed E-state index contributed by atoms with van der Waals surface area (Å²) >= 11 is 0. The van der Waals surface area contributed by atoms with E-state index in [2.05, 4.69) is 4.98 Å². The Morgan fingerprint density at radius 2 is 1.81 bits per heavy atom. The monoisotopic (exact) mass is 507 g/mol. The van der Waals surface area contributed by atoms with Crippen molar-refractivity contribution < 1.29 is 49.6 Å². The van der Waals surface area contributed by atoms with Crippen LogP contribution in [-0.4, -0.2) is 99.3 Å². The average molecular weight is 508 g/mol. The Morgan fingerprint density at radius 3 is 2.39 bits per heavy atom. The minimum absolute atomic E-state index is 0.0672. The lowest BCUT2D eigenvalue weighted by molar-refractivity contribution is -0.366. The summed E-state index contributed by atoms with van der Waals surface area (Å²) < 4.78 is 18.6. The Bertz CT molecular complexity index is 1220. The van der Waals surface area contributed by atoms with Crippen molar-refractivity contribution in [1.82, 2.24) is 4.98 Å². The normalized spacial score (nSPS) is 63.5. The van der Waals surface area contributed by atoms with Gasteiger partial charge in [-0.3, -0.25) is 0 Å². The van der Waals surface area contributed by atoms with Gasteiger partial charge in [-0.05, 0) is 31.9 Å². The Balaban J connectivity index is 1.56. The van der Waals surface area contributed by atoms with Crippen LogP contribution in [0.4, 0.5) is 0 Å². The van der Waals surface area contributed by atoms with Crippen LogP contribution in [0.3, 0.4) is 0 Å². The molecule has 7 fully saturated rings. The van der Waals surface area contributed by atoms with Gasteiger partial charge in [0, 0.05) is 24.5 Å². The van der Waals surface area contributed by atoms with Gasteiger partial charge >= 0.3 is 5.97 Å². The highest BCUT2D eigenvalue weighted by Gasteiger charge is 3.13. The van der Waals surface area contributed by atoms with E-state index in [1.807, 2.05) is 0 Å². The van der Waals surface area contributed by atoms with Crippen LogP contribution in [0.1, 0.15) is 57.9 Å². The van der Waals surface area contributed by atoms with Crippen LogP contribution in [0.2, 0.25) is 0 Å². The summed E-state index contributed by atoms with van der Waals surface area (Å²) in [5.74, 6) is -3.87. The molecule has 8 bridgehead atoms. The number of H-pyrrole nitrogens is 1. The number of esters is 1. The molecule has 0 amide bonds. The van der Waals surface area contributed by atoms with Crippen LogP contribution in [0, 0.1) is 16.7 Å². The molecule has 0 radical (unpaired) electrons. The number of aromatic nitrogens is 1. The molecule has 12 atom stereocenters. The lowest BCUT2D eigenvalue weighted by Gasteiger charge is -2.58. The molecule has 0 unspecified atom stereocenters. The van der Waals surface area contributed by atoms with E-state index in [1.165, 1.54) is 26.1 Å². The largest absolute Gasteiger partial charge is 0.451 e. The van der Waals surface area contributed by atoms with E-state index < -0.39 is 80.4 Å². The van der Waals surface area contributed by atoms with Gasteiger partial charge < -0.3 is 49.8 Å². The molecule has 1 aromatic heterocycles. The second-order valence-corrected chi connectivity index (χ2v) is 12.8. The minimum atomic E-state index is -2.55. The highest BCUT2D eigenvalue weighted by molar-refractivity contribution is 5.87. The van der Waals surface area contributed by atoms with E-state index in [-0.39, 0.29) is 18.5 Å². The van der Waals surface area contributed by atoms with Gasteiger partial charge in [-0.25, -0.2) is 4.79 Å². The van der Waals surface area contributed by atoms with Gasteiger partial charge in [0.1, 0.15) is 39.8 Å². The summed E-state index contributed by atoms with van der Waals surface area (Å²) in [6.45, 7) is 7.76. The highest BCUT2D eigenvalue weighted by Crippen LogP contribution is 2.93. The van der Waals surface area contributed by atoms with E-state index in [1.54, 1.807) is 26.8 Å². The molecule has 3 aliphatic carbocycles. The van der Waals surface area contributed by atoms with Crippen molar-refractivity contribution in [2.75, 3.05) is 0 Å². The molecule has 198 valence electrons. The van der Waals surface area contributed by atoms with Crippen LogP contribution >= 0.6 is 0 Å². The van der Waals surface area contributed by atoms with E-state index >= 15 is 0 Å². The second-order valence-electron chi connectivity index (χ2n) is 12.8. The molecule has 4 saturated heterocycles. The number of fused-ring (bicyclic) bond motifs is 1. The summed E-state index contributed by atoms with van der Waals surface area (Å²) in [4.78, 5) is 16.0. The van der Waals surface area contributed by atoms with E-state index in [9.17, 15) is 35.4 Å². The molecule has 4 aliphatic heterocycles. The van der Waals surface area contributed by atoms with Crippen molar-refractivity contribution in [2.24, 2.45) is 16.7 Å². The highest BCUT2D eigenvalue weighted by atomic mass is 16.7. The molecule has 2 spiro atoms.